The number of carbonyl (C=O) groups excluding carboxylic acids is 1. The van der Waals surface area contributed by atoms with E-state index >= 15 is 0 Å². The van der Waals surface area contributed by atoms with Gasteiger partial charge in [-0.05, 0) is 13.8 Å². The van der Waals surface area contributed by atoms with E-state index in [2.05, 4.69) is 10.4 Å². The summed E-state index contributed by atoms with van der Waals surface area (Å²) in [5.41, 5.74) is 0.663. The number of aryl methyl sites for hydroxylation is 1. The molecule has 78 valence electrons. The number of aromatic nitrogens is 2. The number of ketones is 1. The highest BCUT2D eigenvalue weighted by molar-refractivity contribution is 5.94. The second kappa shape index (κ2) is 4.26. The molecule has 0 atom stereocenters. The topological polar surface area (TPSA) is 46.9 Å². The van der Waals surface area contributed by atoms with Crippen molar-refractivity contribution in [1.29, 1.82) is 0 Å². The Balaban J connectivity index is 2.87. The van der Waals surface area contributed by atoms with Gasteiger partial charge in [0.15, 0.2) is 5.78 Å². The van der Waals surface area contributed by atoms with Gasteiger partial charge in [0.1, 0.15) is 11.5 Å². The van der Waals surface area contributed by atoms with Gasteiger partial charge in [0.2, 0.25) is 0 Å². The van der Waals surface area contributed by atoms with Crippen LogP contribution in [0.5, 0.6) is 0 Å². The number of carbonyl (C=O) groups is 1. The number of nitrogens with zero attached hydrogens (tertiary/aromatic N) is 2. The molecule has 0 aliphatic carbocycles. The fraction of sp³-hybridized carbons (Fsp3) is 0.600. The van der Waals surface area contributed by atoms with Gasteiger partial charge in [-0.3, -0.25) is 9.48 Å². The number of hydrogen-bond donors (Lipinski definition) is 1. The second-order valence-electron chi connectivity index (χ2n) is 3.61. The molecule has 0 aliphatic rings. The summed E-state index contributed by atoms with van der Waals surface area (Å²) in [6, 6.07) is 2.13. The van der Waals surface area contributed by atoms with Crippen LogP contribution in [0, 0.1) is 0 Å². The van der Waals surface area contributed by atoms with Gasteiger partial charge in [0.25, 0.3) is 0 Å². The van der Waals surface area contributed by atoms with Crippen LogP contribution in [0.2, 0.25) is 0 Å². The Hall–Kier alpha value is -1.32. The molecule has 0 radical (unpaired) electrons. The maximum atomic E-state index is 11.4. The zero-order valence-electron chi connectivity index (χ0n) is 9.16. The Morgan fingerprint density at radius 3 is 2.79 bits per heavy atom. The first-order chi connectivity index (χ1) is 6.54. The Bertz CT molecular complexity index is 328. The molecule has 1 heterocycles. The fourth-order valence-electron chi connectivity index (χ4n) is 1.28. The molecule has 0 aliphatic heterocycles. The van der Waals surface area contributed by atoms with E-state index in [1.165, 1.54) is 0 Å². The molecule has 0 fully saturated rings. The van der Waals surface area contributed by atoms with E-state index in [1.54, 1.807) is 17.8 Å². The van der Waals surface area contributed by atoms with Crippen molar-refractivity contribution in [3.05, 3.63) is 11.8 Å². The number of Topliss-reactive ketones (excluding diaryl/α,β-unsaturated/α-hetero) is 1. The minimum Gasteiger partial charge on any atom is -0.366 e. The van der Waals surface area contributed by atoms with E-state index in [0.717, 1.165) is 5.82 Å². The highest BCUT2D eigenvalue weighted by Gasteiger charge is 2.11. The number of rotatable bonds is 4. The maximum absolute atomic E-state index is 11.4. The monoisotopic (exact) mass is 195 g/mol. The lowest BCUT2D eigenvalue weighted by atomic mass is 10.2. The second-order valence-corrected chi connectivity index (χ2v) is 3.61. The van der Waals surface area contributed by atoms with Crippen LogP contribution in [0.3, 0.4) is 0 Å². The van der Waals surface area contributed by atoms with Crippen LogP contribution in [0.4, 0.5) is 5.82 Å². The third-order valence-electron chi connectivity index (χ3n) is 1.92. The molecule has 1 aromatic rings. The van der Waals surface area contributed by atoms with Crippen LogP contribution in [0.15, 0.2) is 6.07 Å². The predicted molar refractivity (Wildman–Crippen MR) is 56.6 cm³/mol. The maximum Gasteiger partial charge on any atom is 0.180 e. The van der Waals surface area contributed by atoms with E-state index in [0.29, 0.717) is 18.2 Å². The average molecular weight is 195 g/mol. The van der Waals surface area contributed by atoms with Crippen LogP contribution in [-0.4, -0.2) is 21.6 Å². The van der Waals surface area contributed by atoms with Gasteiger partial charge in [-0.25, -0.2) is 0 Å². The smallest absolute Gasteiger partial charge is 0.180 e. The SMILES string of the molecule is CCC(=O)c1cc(NC(C)C)nn1C. The van der Waals surface area contributed by atoms with E-state index in [-0.39, 0.29) is 5.78 Å². The zero-order chi connectivity index (χ0) is 10.7. The minimum atomic E-state index is 0.122. The van der Waals surface area contributed by atoms with Gasteiger partial charge in [0, 0.05) is 25.6 Å². The lowest BCUT2D eigenvalue weighted by Gasteiger charge is -2.04. The van der Waals surface area contributed by atoms with Crippen LogP contribution in [0.1, 0.15) is 37.7 Å². The van der Waals surface area contributed by atoms with Crippen LogP contribution >= 0.6 is 0 Å². The van der Waals surface area contributed by atoms with Gasteiger partial charge in [-0.2, -0.15) is 5.10 Å². The normalized spacial score (nSPS) is 10.6. The molecule has 1 rings (SSSR count). The molecule has 0 amide bonds. The standard InChI is InChI=1S/C10H17N3O/c1-5-9(14)8-6-10(11-7(2)3)12-13(8)4/h6-7H,5H2,1-4H3,(H,11,12). The van der Waals surface area contributed by atoms with Crippen LogP contribution < -0.4 is 5.32 Å². The first kappa shape index (κ1) is 10.8. The van der Waals surface area contributed by atoms with Crippen molar-refractivity contribution in [1.82, 2.24) is 9.78 Å². The quantitative estimate of drug-likeness (QED) is 0.746. The van der Waals surface area contributed by atoms with Gasteiger partial charge in [0.05, 0.1) is 0 Å². The molecule has 0 bridgehead atoms. The Kier molecular flexibility index (Phi) is 3.28. The van der Waals surface area contributed by atoms with Crippen molar-refractivity contribution < 1.29 is 4.79 Å². The third kappa shape index (κ3) is 2.34. The summed E-state index contributed by atoms with van der Waals surface area (Å²) in [5.74, 6) is 0.885. The van der Waals surface area contributed by atoms with Crippen molar-refractivity contribution >= 4 is 11.6 Å². The molecule has 0 saturated carbocycles. The van der Waals surface area contributed by atoms with Crippen molar-refractivity contribution in [2.45, 2.75) is 33.2 Å². The lowest BCUT2D eigenvalue weighted by Crippen LogP contribution is -2.10. The van der Waals surface area contributed by atoms with E-state index in [4.69, 9.17) is 0 Å². The lowest BCUT2D eigenvalue weighted by molar-refractivity contribution is 0.0979. The summed E-state index contributed by atoms with van der Waals surface area (Å²) in [4.78, 5) is 11.4. The molecule has 4 heteroatoms. The molecule has 0 saturated heterocycles. The predicted octanol–water partition coefficient (Wildman–Crippen LogP) is 1.83. The largest absolute Gasteiger partial charge is 0.366 e. The molecule has 4 nitrogen and oxygen atoms in total. The molecule has 1 aromatic heterocycles. The van der Waals surface area contributed by atoms with Gasteiger partial charge < -0.3 is 5.32 Å². The number of nitrogens with one attached hydrogen (secondary N) is 1. The summed E-state index contributed by atoms with van der Waals surface area (Å²) in [7, 11) is 1.79. The van der Waals surface area contributed by atoms with Crippen LogP contribution in [-0.2, 0) is 7.05 Å². The van der Waals surface area contributed by atoms with Gasteiger partial charge in [-0.1, -0.05) is 6.92 Å². The first-order valence-electron chi connectivity index (χ1n) is 4.88. The van der Waals surface area contributed by atoms with Crippen molar-refractivity contribution in [2.24, 2.45) is 7.05 Å². The average Bonchev–Trinajstić information content (AvgIpc) is 2.44. The minimum absolute atomic E-state index is 0.122. The highest BCUT2D eigenvalue weighted by Crippen LogP contribution is 2.11. The highest BCUT2D eigenvalue weighted by atomic mass is 16.1. The zero-order valence-corrected chi connectivity index (χ0v) is 9.16. The van der Waals surface area contributed by atoms with Crippen LogP contribution in [0.25, 0.3) is 0 Å². The number of anilines is 1. The summed E-state index contributed by atoms with van der Waals surface area (Å²) >= 11 is 0. The summed E-state index contributed by atoms with van der Waals surface area (Å²) in [5, 5.41) is 7.37. The number of hydrogen-bond acceptors (Lipinski definition) is 3. The Morgan fingerprint density at radius 2 is 2.29 bits per heavy atom. The van der Waals surface area contributed by atoms with E-state index in [9.17, 15) is 4.79 Å². The Morgan fingerprint density at radius 1 is 1.64 bits per heavy atom. The molecule has 0 aromatic carbocycles. The molecular formula is C10H17N3O. The van der Waals surface area contributed by atoms with Crippen molar-refractivity contribution in [2.75, 3.05) is 5.32 Å². The van der Waals surface area contributed by atoms with Crippen molar-refractivity contribution in [3.8, 4) is 0 Å². The van der Waals surface area contributed by atoms with Gasteiger partial charge in [-0.15, -0.1) is 0 Å². The summed E-state index contributed by atoms with van der Waals surface area (Å²) in [6.45, 7) is 5.93. The first-order valence-corrected chi connectivity index (χ1v) is 4.88. The van der Waals surface area contributed by atoms with E-state index < -0.39 is 0 Å². The molecule has 1 N–H and O–H groups in total. The molecular weight excluding hydrogens is 178 g/mol. The van der Waals surface area contributed by atoms with Crippen molar-refractivity contribution in [3.63, 3.8) is 0 Å². The molecule has 0 spiro atoms. The molecule has 14 heavy (non-hydrogen) atoms. The van der Waals surface area contributed by atoms with E-state index in [1.807, 2.05) is 20.8 Å². The van der Waals surface area contributed by atoms with Gasteiger partial charge >= 0.3 is 0 Å². The summed E-state index contributed by atoms with van der Waals surface area (Å²) < 4.78 is 1.62. The fourth-order valence-corrected chi connectivity index (χ4v) is 1.28. The summed E-state index contributed by atoms with van der Waals surface area (Å²) in [6.07, 6.45) is 0.515. The third-order valence-corrected chi connectivity index (χ3v) is 1.92. The Labute approximate surface area is 84.3 Å². The molecule has 0 unspecified atom stereocenters.